The number of ether oxygens (including phenoxy) is 1. The monoisotopic (exact) mass is 414 g/mol. The van der Waals surface area contributed by atoms with Crippen molar-refractivity contribution >= 4 is 23.4 Å². The predicted octanol–water partition coefficient (Wildman–Crippen LogP) is 3.49. The molecule has 1 aliphatic heterocycles. The van der Waals surface area contributed by atoms with Crippen molar-refractivity contribution in [1.82, 2.24) is 14.9 Å². The molecule has 0 unspecified atom stereocenters. The Kier molecular flexibility index (Phi) is 7.00. The summed E-state index contributed by atoms with van der Waals surface area (Å²) >= 11 is 1.54. The van der Waals surface area contributed by atoms with Crippen LogP contribution in [0.5, 0.6) is 5.75 Å². The molecular weight excluding hydrogens is 384 g/mol. The number of carbonyl (C=O) groups excluding carboxylic acids is 1. The lowest BCUT2D eigenvalue weighted by molar-refractivity contribution is -0.130. The zero-order chi connectivity index (χ0) is 21.0. The third-order valence-corrected chi connectivity index (χ3v) is 5.93. The van der Waals surface area contributed by atoms with Crippen molar-refractivity contribution < 1.29 is 9.53 Å². The van der Waals surface area contributed by atoms with Gasteiger partial charge in [0, 0.05) is 31.4 Å². The molecule has 3 rings (SSSR count). The molecule has 0 spiro atoms. The van der Waals surface area contributed by atoms with Crippen molar-refractivity contribution in [2.24, 2.45) is 0 Å². The van der Waals surface area contributed by atoms with Crippen LogP contribution in [-0.2, 0) is 11.2 Å². The van der Waals surface area contributed by atoms with Crippen LogP contribution < -0.4 is 9.64 Å². The molecule has 0 aliphatic carbocycles. The molecule has 2 aromatic rings. The van der Waals surface area contributed by atoms with Gasteiger partial charge in [0.15, 0.2) is 5.16 Å². The topological polar surface area (TPSA) is 58.6 Å². The van der Waals surface area contributed by atoms with Gasteiger partial charge in [-0.05, 0) is 51.1 Å². The first kappa shape index (κ1) is 21.4. The average molecular weight is 415 g/mol. The van der Waals surface area contributed by atoms with E-state index in [4.69, 9.17) is 4.74 Å². The van der Waals surface area contributed by atoms with Crippen molar-refractivity contribution in [3.63, 3.8) is 0 Å². The summed E-state index contributed by atoms with van der Waals surface area (Å²) in [5, 5.41) is 0.780. The molecule has 0 saturated carbocycles. The molecule has 1 amide bonds. The van der Waals surface area contributed by atoms with Gasteiger partial charge in [-0.2, -0.15) is 0 Å². The molecule has 29 heavy (non-hydrogen) atoms. The van der Waals surface area contributed by atoms with E-state index in [1.54, 1.807) is 4.90 Å². The van der Waals surface area contributed by atoms with E-state index < -0.39 is 0 Å². The number of benzene rings is 1. The van der Waals surface area contributed by atoms with Crippen molar-refractivity contribution in [3.05, 3.63) is 41.2 Å². The number of fused-ring (bicyclic) bond motifs is 1. The number of hydrogen-bond acceptors (Lipinski definition) is 6. The molecule has 1 atom stereocenters. The first-order valence-electron chi connectivity index (χ1n) is 10.1. The number of anilines is 1. The van der Waals surface area contributed by atoms with Gasteiger partial charge in [-0.3, -0.25) is 4.79 Å². The first-order valence-corrected chi connectivity index (χ1v) is 11.3. The summed E-state index contributed by atoms with van der Waals surface area (Å²) in [7, 11) is 1.86. The van der Waals surface area contributed by atoms with Crippen LogP contribution in [0, 0.1) is 13.8 Å². The standard InChI is InChI=1S/C22H30N4O2S/c1-6-26-14-17(28-20-10-8-7-9-19(20)26)13-25(4)21(27)12-11-18-15(2)23-22(29-5)24-16(18)3/h7-10,17H,6,11-14H2,1-5H3/t17-/m0/s1. The third kappa shape index (κ3) is 5.01. The van der Waals surface area contributed by atoms with E-state index in [-0.39, 0.29) is 12.0 Å². The van der Waals surface area contributed by atoms with Crippen molar-refractivity contribution in [3.8, 4) is 5.75 Å². The van der Waals surface area contributed by atoms with Gasteiger partial charge >= 0.3 is 0 Å². The Morgan fingerprint density at radius 2 is 1.97 bits per heavy atom. The van der Waals surface area contributed by atoms with Gasteiger partial charge in [0.25, 0.3) is 0 Å². The second-order valence-corrected chi connectivity index (χ2v) is 8.15. The Hall–Kier alpha value is -2.28. The highest BCUT2D eigenvalue weighted by Gasteiger charge is 2.26. The van der Waals surface area contributed by atoms with E-state index in [1.165, 1.54) is 11.8 Å². The smallest absolute Gasteiger partial charge is 0.222 e. The van der Waals surface area contributed by atoms with Crippen LogP contribution in [0.1, 0.15) is 30.3 Å². The fourth-order valence-corrected chi connectivity index (χ4v) is 4.22. The highest BCUT2D eigenvalue weighted by molar-refractivity contribution is 7.98. The average Bonchev–Trinajstić information content (AvgIpc) is 2.72. The molecule has 0 N–H and O–H groups in total. The number of aryl methyl sites for hydroxylation is 2. The number of nitrogens with zero attached hydrogens (tertiary/aromatic N) is 4. The van der Waals surface area contributed by atoms with E-state index in [1.807, 2.05) is 45.4 Å². The number of amides is 1. The molecule has 6 nitrogen and oxygen atoms in total. The number of likely N-dealkylation sites (N-methyl/N-ethyl adjacent to an activating group) is 2. The Morgan fingerprint density at radius 3 is 2.62 bits per heavy atom. The molecule has 1 aliphatic rings. The molecular formula is C22H30N4O2S. The van der Waals surface area contributed by atoms with Crippen molar-refractivity contribution in [2.75, 3.05) is 37.8 Å². The Morgan fingerprint density at radius 1 is 1.28 bits per heavy atom. The zero-order valence-electron chi connectivity index (χ0n) is 17.9. The molecule has 0 bridgehead atoms. The number of thioether (sulfide) groups is 1. The summed E-state index contributed by atoms with van der Waals surface area (Å²) in [5.41, 5.74) is 4.12. The molecule has 0 fully saturated rings. The maximum absolute atomic E-state index is 12.7. The fraction of sp³-hybridized carbons (Fsp3) is 0.500. The molecule has 1 aromatic carbocycles. The van der Waals surface area contributed by atoms with E-state index in [2.05, 4.69) is 27.9 Å². The summed E-state index contributed by atoms with van der Waals surface area (Å²) in [6.07, 6.45) is 3.04. The van der Waals surface area contributed by atoms with Gasteiger partial charge in [0.1, 0.15) is 11.9 Å². The highest BCUT2D eigenvalue weighted by atomic mass is 32.2. The van der Waals surface area contributed by atoms with Crippen LogP contribution in [0.25, 0.3) is 0 Å². The van der Waals surface area contributed by atoms with Crippen LogP contribution >= 0.6 is 11.8 Å². The molecule has 0 saturated heterocycles. The number of para-hydroxylation sites is 2. The quantitative estimate of drug-likeness (QED) is 0.511. The zero-order valence-corrected chi connectivity index (χ0v) is 18.8. The first-order chi connectivity index (χ1) is 13.9. The molecule has 7 heteroatoms. The van der Waals surface area contributed by atoms with Crippen LogP contribution in [-0.4, -0.2) is 59.8 Å². The summed E-state index contributed by atoms with van der Waals surface area (Å²) in [6, 6.07) is 8.09. The lowest BCUT2D eigenvalue weighted by Gasteiger charge is -2.37. The minimum absolute atomic E-state index is 0.0357. The van der Waals surface area contributed by atoms with Crippen molar-refractivity contribution in [1.29, 1.82) is 0 Å². The van der Waals surface area contributed by atoms with Gasteiger partial charge < -0.3 is 14.5 Å². The maximum atomic E-state index is 12.7. The number of aromatic nitrogens is 2. The molecule has 1 aromatic heterocycles. The predicted molar refractivity (Wildman–Crippen MR) is 118 cm³/mol. The van der Waals surface area contributed by atoms with Crippen molar-refractivity contribution in [2.45, 2.75) is 44.9 Å². The van der Waals surface area contributed by atoms with E-state index >= 15 is 0 Å². The Labute approximate surface area is 177 Å². The van der Waals surface area contributed by atoms with Crippen LogP contribution in [0.2, 0.25) is 0 Å². The lowest BCUT2D eigenvalue weighted by atomic mass is 10.1. The second kappa shape index (κ2) is 9.48. The molecule has 0 radical (unpaired) electrons. The SMILES string of the molecule is CCN1C[C@H](CN(C)C(=O)CCc2c(C)nc(SC)nc2C)Oc2ccccc21. The lowest BCUT2D eigenvalue weighted by Crippen LogP contribution is -2.46. The van der Waals surface area contributed by atoms with Crippen LogP contribution in [0.15, 0.2) is 29.4 Å². The van der Waals surface area contributed by atoms with Gasteiger partial charge in [0.05, 0.1) is 18.8 Å². The molecule has 2 heterocycles. The summed E-state index contributed by atoms with van der Waals surface area (Å²) < 4.78 is 6.15. The summed E-state index contributed by atoms with van der Waals surface area (Å²) in [5.74, 6) is 1.01. The number of rotatable bonds is 7. The fourth-order valence-electron chi connectivity index (χ4n) is 3.77. The number of carbonyl (C=O) groups is 1. The van der Waals surface area contributed by atoms with Gasteiger partial charge in [0.2, 0.25) is 5.91 Å². The minimum Gasteiger partial charge on any atom is -0.485 e. The second-order valence-electron chi connectivity index (χ2n) is 7.38. The largest absolute Gasteiger partial charge is 0.485 e. The van der Waals surface area contributed by atoms with Crippen LogP contribution in [0.4, 0.5) is 5.69 Å². The van der Waals surface area contributed by atoms with Gasteiger partial charge in [-0.25, -0.2) is 9.97 Å². The third-order valence-electron chi connectivity index (χ3n) is 5.38. The minimum atomic E-state index is -0.0357. The van der Waals surface area contributed by atoms with Gasteiger partial charge in [-0.1, -0.05) is 23.9 Å². The van der Waals surface area contributed by atoms with E-state index in [0.29, 0.717) is 19.4 Å². The van der Waals surface area contributed by atoms with E-state index in [0.717, 1.165) is 46.6 Å². The summed E-state index contributed by atoms with van der Waals surface area (Å²) in [6.45, 7) is 8.40. The molecule has 156 valence electrons. The summed E-state index contributed by atoms with van der Waals surface area (Å²) in [4.78, 5) is 25.9. The van der Waals surface area contributed by atoms with Gasteiger partial charge in [-0.15, -0.1) is 0 Å². The van der Waals surface area contributed by atoms with Crippen LogP contribution in [0.3, 0.4) is 0 Å². The van der Waals surface area contributed by atoms with E-state index in [9.17, 15) is 4.79 Å². The number of hydrogen-bond donors (Lipinski definition) is 0. The Bertz CT molecular complexity index is 851. The normalized spacial score (nSPS) is 15.6. The Balaban J connectivity index is 1.59. The maximum Gasteiger partial charge on any atom is 0.222 e. The highest BCUT2D eigenvalue weighted by Crippen LogP contribution is 2.32.